The van der Waals surface area contributed by atoms with E-state index in [1.54, 1.807) is 0 Å². The molecule has 0 radical (unpaired) electrons. The molecule has 1 aromatic heterocycles. The molecule has 98 valence electrons. The van der Waals surface area contributed by atoms with Crippen molar-refractivity contribution in [2.75, 3.05) is 19.6 Å². The zero-order chi connectivity index (χ0) is 12.5. The van der Waals surface area contributed by atoms with Crippen LogP contribution in [0.15, 0.2) is 11.4 Å². The van der Waals surface area contributed by atoms with E-state index in [0.717, 1.165) is 38.9 Å². The number of amides is 1. The summed E-state index contributed by atoms with van der Waals surface area (Å²) in [6, 6.07) is 2.58. The summed E-state index contributed by atoms with van der Waals surface area (Å²) < 4.78 is 0. The average Bonchev–Trinajstić information content (AvgIpc) is 2.86. The van der Waals surface area contributed by atoms with E-state index in [-0.39, 0.29) is 5.92 Å². The second-order valence-corrected chi connectivity index (χ2v) is 6.38. The van der Waals surface area contributed by atoms with Gasteiger partial charge in [0, 0.05) is 30.6 Å². The monoisotopic (exact) mass is 264 g/mol. The third-order valence-corrected chi connectivity index (χ3v) is 5.03. The molecule has 2 heterocycles. The van der Waals surface area contributed by atoms with E-state index in [0.29, 0.717) is 11.9 Å². The SMILES string of the molecule is C[C@H]1CN(C(=O)C2CCCc3sccc32)CCN1. The number of rotatable bonds is 1. The normalized spacial score (nSPS) is 27.9. The minimum Gasteiger partial charge on any atom is -0.339 e. The molecule has 3 nitrogen and oxygen atoms in total. The largest absolute Gasteiger partial charge is 0.339 e. The van der Waals surface area contributed by atoms with E-state index >= 15 is 0 Å². The minimum atomic E-state index is 0.130. The summed E-state index contributed by atoms with van der Waals surface area (Å²) in [5.74, 6) is 0.480. The van der Waals surface area contributed by atoms with Crippen LogP contribution in [-0.2, 0) is 11.2 Å². The van der Waals surface area contributed by atoms with E-state index in [2.05, 4.69) is 28.6 Å². The fourth-order valence-electron chi connectivity index (χ4n) is 3.10. The fraction of sp³-hybridized carbons (Fsp3) is 0.643. The molecule has 1 amide bonds. The highest BCUT2D eigenvalue weighted by Crippen LogP contribution is 2.36. The molecule has 0 saturated carbocycles. The topological polar surface area (TPSA) is 32.3 Å². The molecule has 0 spiro atoms. The molecule has 1 N–H and O–H groups in total. The lowest BCUT2D eigenvalue weighted by atomic mass is 9.86. The molecule has 3 rings (SSSR count). The van der Waals surface area contributed by atoms with Gasteiger partial charge in [0.05, 0.1) is 5.92 Å². The Labute approximate surface area is 112 Å². The van der Waals surface area contributed by atoms with Crippen LogP contribution in [0.25, 0.3) is 0 Å². The van der Waals surface area contributed by atoms with Crippen LogP contribution >= 0.6 is 11.3 Å². The first-order valence-electron chi connectivity index (χ1n) is 6.84. The molecule has 1 saturated heterocycles. The number of carbonyl (C=O) groups excluding carboxylic acids is 1. The molecule has 1 aliphatic carbocycles. The van der Waals surface area contributed by atoms with Crippen LogP contribution in [0.4, 0.5) is 0 Å². The second kappa shape index (κ2) is 5.02. The molecular formula is C14H20N2OS. The van der Waals surface area contributed by atoms with Gasteiger partial charge < -0.3 is 10.2 Å². The van der Waals surface area contributed by atoms with E-state index in [1.165, 1.54) is 10.4 Å². The van der Waals surface area contributed by atoms with Crippen LogP contribution in [0, 0.1) is 0 Å². The van der Waals surface area contributed by atoms with Gasteiger partial charge >= 0.3 is 0 Å². The molecule has 1 unspecified atom stereocenters. The number of nitrogens with zero attached hydrogens (tertiary/aromatic N) is 1. The number of hydrogen-bond acceptors (Lipinski definition) is 3. The van der Waals surface area contributed by atoms with E-state index in [9.17, 15) is 4.79 Å². The molecule has 4 heteroatoms. The summed E-state index contributed by atoms with van der Waals surface area (Å²) >= 11 is 1.81. The number of carbonyl (C=O) groups is 1. The van der Waals surface area contributed by atoms with E-state index in [4.69, 9.17) is 0 Å². The highest BCUT2D eigenvalue weighted by molar-refractivity contribution is 7.10. The smallest absolute Gasteiger partial charge is 0.230 e. The quantitative estimate of drug-likeness (QED) is 0.841. The molecule has 0 aromatic carbocycles. The lowest BCUT2D eigenvalue weighted by Crippen LogP contribution is -2.52. The highest BCUT2D eigenvalue weighted by atomic mass is 32.1. The van der Waals surface area contributed by atoms with Crippen LogP contribution < -0.4 is 5.32 Å². The zero-order valence-corrected chi connectivity index (χ0v) is 11.6. The van der Waals surface area contributed by atoms with Gasteiger partial charge in [-0.1, -0.05) is 0 Å². The highest BCUT2D eigenvalue weighted by Gasteiger charge is 2.32. The minimum absolute atomic E-state index is 0.130. The molecule has 1 aromatic rings. The van der Waals surface area contributed by atoms with Crippen molar-refractivity contribution in [2.45, 2.75) is 38.1 Å². The molecule has 1 fully saturated rings. The van der Waals surface area contributed by atoms with Crippen LogP contribution in [0.5, 0.6) is 0 Å². The van der Waals surface area contributed by atoms with Gasteiger partial charge in [-0.05, 0) is 43.2 Å². The second-order valence-electron chi connectivity index (χ2n) is 5.38. The number of piperazine rings is 1. The Hall–Kier alpha value is -0.870. The summed E-state index contributed by atoms with van der Waals surface area (Å²) in [7, 11) is 0. The Morgan fingerprint density at radius 3 is 3.28 bits per heavy atom. The van der Waals surface area contributed by atoms with Gasteiger partial charge in [-0.2, -0.15) is 0 Å². The molecule has 2 atom stereocenters. The molecule has 2 aliphatic rings. The predicted molar refractivity (Wildman–Crippen MR) is 74.0 cm³/mol. The zero-order valence-electron chi connectivity index (χ0n) is 10.8. The molecular weight excluding hydrogens is 244 g/mol. The molecule has 18 heavy (non-hydrogen) atoms. The fourth-order valence-corrected chi connectivity index (χ4v) is 4.08. The average molecular weight is 264 g/mol. The van der Waals surface area contributed by atoms with Crippen LogP contribution in [0.2, 0.25) is 0 Å². The lowest BCUT2D eigenvalue weighted by molar-refractivity contribution is -0.134. The van der Waals surface area contributed by atoms with Crippen molar-refractivity contribution in [3.63, 3.8) is 0 Å². The van der Waals surface area contributed by atoms with Crippen LogP contribution in [0.3, 0.4) is 0 Å². The van der Waals surface area contributed by atoms with Crippen molar-refractivity contribution in [2.24, 2.45) is 0 Å². The van der Waals surface area contributed by atoms with Gasteiger partial charge in [-0.15, -0.1) is 11.3 Å². The number of aryl methyl sites for hydroxylation is 1. The van der Waals surface area contributed by atoms with E-state index in [1.807, 2.05) is 11.3 Å². The Bertz CT molecular complexity index is 443. The van der Waals surface area contributed by atoms with Crippen molar-refractivity contribution in [3.8, 4) is 0 Å². The summed E-state index contributed by atoms with van der Waals surface area (Å²) in [5, 5.41) is 5.53. The van der Waals surface area contributed by atoms with Gasteiger partial charge in [0.1, 0.15) is 0 Å². The van der Waals surface area contributed by atoms with Crippen LogP contribution in [-0.4, -0.2) is 36.5 Å². The maximum atomic E-state index is 12.7. The number of fused-ring (bicyclic) bond motifs is 1. The van der Waals surface area contributed by atoms with Crippen molar-refractivity contribution in [1.29, 1.82) is 0 Å². The van der Waals surface area contributed by atoms with E-state index < -0.39 is 0 Å². The third kappa shape index (κ3) is 2.19. The first-order valence-corrected chi connectivity index (χ1v) is 7.72. The van der Waals surface area contributed by atoms with Gasteiger partial charge in [-0.3, -0.25) is 4.79 Å². The molecule has 1 aliphatic heterocycles. The van der Waals surface area contributed by atoms with Crippen LogP contribution in [0.1, 0.15) is 36.1 Å². The maximum Gasteiger partial charge on any atom is 0.230 e. The first-order chi connectivity index (χ1) is 8.75. The Kier molecular flexibility index (Phi) is 3.39. The summed E-state index contributed by atoms with van der Waals surface area (Å²) in [6.07, 6.45) is 3.35. The Morgan fingerprint density at radius 2 is 2.44 bits per heavy atom. The number of thiophene rings is 1. The first kappa shape index (κ1) is 12.2. The van der Waals surface area contributed by atoms with Gasteiger partial charge in [0.2, 0.25) is 5.91 Å². The summed E-state index contributed by atoms with van der Waals surface area (Å²) in [5.41, 5.74) is 1.31. The van der Waals surface area contributed by atoms with Crippen molar-refractivity contribution >= 4 is 17.2 Å². The van der Waals surface area contributed by atoms with Gasteiger partial charge in [-0.25, -0.2) is 0 Å². The van der Waals surface area contributed by atoms with Crippen molar-refractivity contribution < 1.29 is 4.79 Å². The summed E-state index contributed by atoms with van der Waals surface area (Å²) in [6.45, 7) is 4.79. The maximum absolute atomic E-state index is 12.7. The number of hydrogen-bond donors (Lipinski definition) is 1. The predicted octanol–water partition coefficient (Wildman–Crippen LogP) is 1.99. The Morgan fingerprint density at radius 1 is 1.56 bits per heavy atom. The lowest BCUT2D eigenvalue weighted by Gasteiger charge is -2.35. The van der Waals surface area contributed by atoms with Crippen molar-refractivity contribution in [1.82, 2.24) is 10.2 Å². The molecule has 0 bridgehead atoms. The summed E-state index contributed by atoms with van der Waals surface area (Å²) in [4.78, 5) is 16.1. The van der Waals surface area contributed by atoms with Gasteiger partial charge in [0.15, 0.2) is 0 Å². The van der Waals surface area contributed by atoms with Crippen molar-refractivity contribution in [3.05, 3.63) is 21.9 Å². The number of nitrogens with one attached hydrogen (secondary N) is 1. The Balaban J connectivity index is 1.77. The van der Waals surface area contributed by atoms with Gasteiger partial charge in [0.25, 0.3) is 0 Å². The third-order valence-electron chi connectivity index (χ3n) is 4.03. The standard InChI is InChI=1S/C14H20N2OS/c1-10-9-16(7-6-15-10)14(17)12-3-2-4-13-11(12)5-8-18-13/h5,8,10,12,15H,2-4,6-7,9H2,1H3/t10-,12?/m0/s1.